The molecule has 0 aliphatic heterocycles. The summed E-state index contributed by atoms with van der Waals surface area (Å²) >= 11 is 6.12. The van der Waals surface area contributed by atoms with Crippen LogP contribution in [0.2, 0.25) is 5.02 Å². The normalized spacial score (nSPS) is 10.7. The summed E-state index contributed by atoms with van der Waals surface area (Å²) in [5.74, 6) is 0.718. The molecule has 1 aromatic carbocycles. The van der Waals surface area contributed by atoms with Crippen molar-refractivity contribution in [3.63, 3.8) is 0 Å². The Bertz CT molecular complexity index is 361. The van der Waals surface area contributed by atoms with Crippen LogP contribution in [0.5, 0.6) is 5.75 Å². The molecule has 1 rings (SSSR count). The molecule has 0 aliphatic carbocycles. The Morgan fingerprint density at radius 3 is 2.74 bits per heavy atom. The summed E-state index contributed by atoms with van der Waals surface area (Å²) in [4.78, 5) is 0. The average Bonchev–Trinajstić information content (AvgIpc) is 2.41. The van der Waals surface area contributed by atoms with Crippen LogP contribution in [0.3, 0.4) is 0 Å². The Labute approximate surface area is 119 Å². The van der Waals surface area contributed by atoms with Crippen molar-refractivity contribution < 1.29 is 14.2 Å². The second kappa shape index (κ2) is 10.0. The van der Waals surface area contributed by atoms with E-state index in [2.05, 4.69) is 0 Å². The molecule has 0 amide bonds. The zero-order valence-corrected chi connectivity index (χ0v) is 12.1. The van der Waals surface area contributed by atoms with Crippen LogP contribution in [0.4, 0.5) is 0 Å². The molecule has 108 valence electrons. The second-order valence-corrected chi connectivity index (χ2v) is 4.48. The Balaban J connectivity index is 2.32. The van der Waals surface area contributed by atoms with Crippen LogP contribution in [0.25, 0.3) is 0 Å². The summed E-state index contributed by atoms with van der Waals surface area (Å²) in [6, 6.07) is 5.70. The van der Waals surface area contributed by atoms with Crippen molar-refractivity contribution in [3.8, 4) is 5.75 Å². The van der Waals surface area contributed by atoms with E-state index in [1.54, 1.807) is 7.11 Å². The first-order valence-electron chi connectivity index (χ1n) is 6.46. The van der Waals surface area contributed by atoms with Gasteiger partial charge < -0.3 is 19.9 Å². The molecule has 0 heterocycles. The van der Waals surface area contributed by atoms with Crippen molar-refractivity contribution >= 4 is 11.6 Å². The lowest BCUT2D eigenvalue weighted by atomic mass is 10.1. The molecular formula is C14H22ClNO3. The third-order valence-electron chi connectivity index (χ3n) is 2.57. The van der Waals surface area contributed by atoms with E-state index in [0.29, 0.717) is 38.0 Å². The molecule has 0 fully saturated rings. The number of nitrogens with two attached hydrogens (primary N) is 1. The Morgan fingerprint density at radius 2 is 2.00 bits per heavy atom. The highest BCUT2D eigenvalue weighted by molar-refractivity contribution is 6.32. The maximum atomic E-state index is 6.12. The van der Waals surface area contributed by atoms with E-state index in [4.69, 9.17) is 31.5 Å². The summed E-state index contributed by atoms with van der Waals surface area (Å²) in [6.45, 7) is 2.98. The lowest BCUT2D eigenvalue weighted by Gasteiger charge is -2.12. The van der Waals surface area contributed by atoms with Gasteiger partial charge in [0.1, 0.15) is 12.4 Å². The molecule has 0 aromatic heterocycles. The number of hydrogen-bond donors (Lipinski definition) is 1. The van der Waals surface area contributed by atoms with E-state index in [1.165, 1.54) is 0 Å². The molecule has 0 saturated carbocycles. The fraction of sp³-hybridized carbons (Fsp3) is 0.571. The van der Waals surface area contributed by atoms with Crippen LogP contribution in [-0.4, -0.2) is 40.1 Å². The minimum absolute atomic E-state index is 0.480. The van der Waals surface area contributed by atoms with Gasteiger partial charge in [0.25, 0.3) is 0 Å². The van der Waals surface area contributed by atoms with Crippen LogP contribution in [-0.2, 0) is 15.9 Å². The van der Waals surface area contributed by atoms with Crippen molar-refractivity contribution in [1.82, 2.24) is 0 Å². The molecule has 0 spiro atoms. The maximum absolute atomic E-state index is 6.12. The van der Waals surface area contributed by atoms with E-state index in [0.717, 1.165) is 24.2 Å². The number of halogens is 1. The maximum Gasteiger partial charge on any atom is 0.141 e. The minimum Gasteiger partial charge on any atom is -0.489 e. The summed E-state index contributed by atoms with van der Waals surface area (Å²) < 4.78 is 16.0. The fourth-order valence-corrected chi connectivity index (χ4v) is 1.93. The summed E-state index contributed by atoms with van der Waals surface area (Å²) in [5, 5.41) is 0.616. The third-order valence-corrected chi connectivity index (χ3v) is 2.87. The third kappa shape index (κ3) is 6.25. The highest BCUT2D eigenvalue weighted by Crippen LogP contribution is 2.28. The number of methoxy groups -OCH3 is 1. The molecule has 2 N–H and O–H groups in total. The van der Waals surface area contributed by atoms with Crippen LogP contribution < -0.4 is 10.5 Å². The number of benzene rings is 1. The van der Waals surface area contributed by atoms with Gasteiger partial charge in [0, 0.05) is 20.3 Å². The van der Waals surface area contributed by atoms with Crippen molar-refractivity contribution in [2.24, 2.45) is 5.73 Å². The van der Waals surface area contributed by atoms with Crippen LogP contribution >= 0.6 is 11.6 Å². The average molecular weight is 288 g/mol. The lowest BCUT2D eigenvalue weighted by molar-refractivity contribution is 0.0804. The number of para-hydroxylation sites is 1. The van der Waals surface area contributed by atoms with E-state index >= 15 is 0 Å². The van der Waals surface area contributed by atoms with Crippen molar-refractivity contribution in [3.05, 3.63) is 28.8 Å². The Kier molecular flexibility index (Phi) is 8.58. The predicted molar refractivity (Wildman–Crippen MR) is 77.0 cm³/mol. The molecule has 1 aromatic rings. The summed E-state index contributed by atoms with van der Waals surface area (Å²) in [7, 11) is 1.68. The molecular weight excluding hydrogens is 266 g/mol. The lowest BCUT2D eigenvalue weighted by Crippen LogP contribution is -2.11. The molecule has 0 atom stereocenters. The van der Waals surface area contributed by atoms with Crippen molar-refractivity contribution in [1.29, 1.82) is 0 Å². The standard InChI is InChI=1S/C14H22ClNO3/c1-17-8-3-9-18-10-11-19-14-12(6-7-16)4-2-5-13(14)15/h2,4-5H,3,6-11,16H2,1H3. The molecule has 0 saturated heterocycles. The topological polar surface area (TPSA) is 53.7 Å². The van der Waals surface area contributed by atoms with Gasteiger partial charge in [-0.15, -0.1) is 0 Å². The number of ether oxygens (including phenoxy) is 3. The van der Waals surface area contributed by atoms with Gasteiger partial charge >= 0.3 is 0 Å². The van der Waals surface area contributed by atoms with E-state index in [9.17, 15) is 0 Å². The molecule has 4 nitrogen and oxygen atoms in total. The first-order chi connectivity index (χ1) is 9.29. The van der Waals surface area contributed by atoms with Gasteiger partial charge in [-0.1, -0.05) is 23.7 Å². The van der Waals surface area contributed by atoms with Gasteiger partial charge in [0.15, 0.2) is 0 Å². The summed E-state index contributed by atoms with van der Waals surface area (Å²) in [6.07, 6.45) is 1.64. The number of hydrogen-bond acceptors (Lipinski definition) is 4. The predicted octanol–water partition coefficient (Wildman–Crippen LogP) is 2.27. The molecule has 0 radical (unpaired) electrons. The smallest absolute Gasteiger partial charge is 0.141 e. The highest BCUT2D eigenvalue weighted by atomic mass is 35.5. The molecule has 5 heteroatoms. The first kappa shape index (κ1) is 16.2. The Hall–Kier alpha value is -0.810. The van der Waals surface area contributed by atoms with Crippen molar-refractivity contribution in [2.45, 2.75) is 12.8 Å². The van der Waals surface area contributed by atoms with E-state index in [1.807, 2.05) is 18.2 Å². The van der Waals surface area contributed by atoms with Gasteiger partial charge in [-0.2, -0.15) is 0 Å². The van der Waals surface area contributed by atoms with Gasteiger partial charge in [-0.3, -0.25) is 0 Å². The van der Waals surface area contributed by atoms with E-state index < -0.39 is 0 Å². The van der Waals surface area contributed by atoms with Gasteiger partial charge in [0.2, 0.25) is 0 Å². The molecule has 19 heavy (non-hydrogen) atoms. The van der Waals surface area contributed by atoms with Gasteiger partial charge in [0.05, 0.1) is 11.6 Å². The summed E-state index contributed by atoms with van der Waals surface area (Å²) in [5.41, 5.74) is 6.60. The Morgan fingerprint density at radius 1 is 1.16 bits per heavy atom. The molecule has 0 aliphatic rings. The molecule has 0 bridgehead atoms. The highest BCUT2D eigenvalue weighted by Gasteiger charge is 2.07. The van der Waals surface area contributed by atoms with Crippen LogP contribution in [0.15, 0.2) is 18.2 Å². The first-order valence-corrected chi connectivity index (χ1v) is 6.84. The van der Waals surface area contributed by atoms with Gasteiger partial charge in [-0.25, -0.2) is 0 Å². The van der Waals surface area contributed by atoms with Crippen molar-refractivity contribution in [2.75, 3.05) is 40.1 Å². The van der Waals surface area contributed by atoms with Crippen LogP contribution in [0.1, 0.15) is 12.0 Å². The SMILES string of the molecule is COCCCOCCOc1c(Cl)cccc1CCN. The van der Waals surface area contributed by atoms with Crippen LogP contribution in [0, 0.1) is 0 Å². The van der Waals surface area contributed by atoms with E-state index in [-0.39, 0.29) is 0 Å². The molecule has 0 unspecified atom stereocenters. The van der Waals surface area contributed by atoms with Gasteiger partial charge in [-0.05, 0) is 31.0 Å². The second-order valence-electron chi connectivity index (χ2n) is 4.07. The minimum atomic E-state index is 0.480. The fourth-order valence-electron chi connectivity index (χ4n) is 1.68. The number of rotatable bonds is 10. The largest absolute Gasteiger partial charge is 0.489 e. The zero-order valence-electron chi connectivity index (χ0n) is 11.4. The quantitative estimate of drug-likeness (QED) is 0.671. The monoisotopic (exact) mass is 287 g/mol. The zero-order chi connectivity index (χ0) is 13.9.